The van der Waals surface area contributed by atoms with Gasteiger partial charge in [0, 0.05) is 9.99 Å². The molecule has 2 N–H and O–H groups in total. The van der Waals surface area contributed by atoms with Crippen molar-refractivity contribution in [3.63, 3.8) is 0 Å². The summed E-state index contributed by atoms with van der Waals surface area (Å²) in [6, 6.07) is 7.99. The highest BCUT2D eigenvalue weighted by Crippen LogP contribution is 2.23. The fraction of sp³-hybridized carbons (Fsp3) is 0.538. The molecule has 0 aliphatic heterocycles. The molecule has 3 heteroatoms. The van der Waals surface area contributed by atoms with Gasteiger partial charge < -0.3 is 10.2 Å². The second kappa shape index (κ2) is 5.47. The summed E-state index contributed by atoms with van der Waals surface area (Å²) in [4.78, 5) is 0. The molecule has 0 heterocycles. The van der Waals surface area contributed by atoms with Crippen molar-refractivity contribution in [1.82, 2.24) is 0 Å². The van der Waals surface area contributed by atoms with E-state index in [1.54, 1.807) is 0 Å². The van der Waals surface area contributed by atoms with Crippen molar-refractivity contribution in [3.8, 4) is 0 Å². The predicted molar refractivity (Wildman–Crippen MR) is 74.3 cm³/mol. The van der Waals surface area contributed by atoms with Crippen LogP contribution in [0, 0.1) is 8.99 Å². The summed E-state index contributed by atoms with van der Waals surface area (Å²) in [5, 5.41) is 19.8. The number of aliphatic hydroxyl groups excluding tert-OH is 2. The quantitative estimate of drug-likeness (QED) is 0.835. The van der Waals surface area contributed by atoms with Crippen LogP contribution >= 0.6 is 22.6 Å². The monoisotopic (exact) mass is 334 g/mol. The molecule has 1 aromatic carbocycles. The topological polar surface area (TPSA) is 40.5 Å². The molecule has 2 unspecified atom stereocenters. The van der Waals surface area contributed by atoms with Crippen molar-refractivity contribution in [1.29, 1.82) is 0 Å². The zero-order chi connectivity index (χ0) is 12.3. The molecule has 0 spiro atoms. The molecule has 90 valence electrons. The summed E-state index contributed by atoms with van der Waals surface area (Å²) in [5.74, 6) is 0. The average Bonchev–Trinajstić information content (AvgIpc) is 2.19. The normalized spacial score (nSPS) is 15.9. The highest BCUT2D eigenvalue weighted by Gasteiger charge is 2.28. The first kappa shape index (κ1) is 13.9. The van der Waals surface area contributed by atoms with Crippen LogP contribution in [0.4, 0.5) is 0 Å². The lowest BCUT2D eigenvalue weighted by Crippen LogP contribution is -2.38. The van der Waals surface area contributed by atoms with Gasteiger partial charge in [-0.15, -0.1) is 0 Å². The zero-order valence-corrected chi connectivity index (χ0v) is 12.1. The Morgan fingerprint density at radius 2 is 1.62 bits per heavy atom. The van der Waals surface area contributed by atoms with E-state index >= 15 is 0 Å². The minimum atomic E-state index is -0.708. The Morgan fingerprint density at radius 1 is 1.12 bits per heavy atom. The van der Waals surface area contributed by atoms with Crippen molar-refractivity contribution < 1.29 is 10.2 Å². The van der Waals surface area contributed by atoms with Gasteiger partial charge in [-0.1, -0.05) is 32.9 Å². The van der Waals surface area contributed by atoms with E-state index in [4.69, 9.17) is 0 Å². The van der Waals surface area contributed by atoms with Crippen LogP contribution in [0.2, 0.25) is 0 Å². The van der Waals surface area contributed by atoms with Gasteiger partial charge in [0.05, 0.1) is 12.2 Å². The van der Waals surface area contributed by atoms with Gasteiger partial charge in [0.25, 0.3) is 0 Å². The lowest BCUT2D eigenvalue weighted by Gasteiger charge is -2.30. The first-order valence-electron chi connectivity index (χ1n) is 5.41. The fourth-order valence-electron chi connectivity index (χ4n) is 1.55. The molecule has 0 saturated heterocycles. The van der Waals surface area contributed by atoms with Crippen LogP contribution in [0.5, 0.6) is 0 Å². The summed E-state index contributed by atoms with van der Waals surface area (Å²) in [7, 11) is 0. The molecule has 1 rings (SSSR count). The summed E-state index contributed by atoms with van der Waals surface area (Å²) in [5.41, 5.74) is 0.763. The predicted octanol–water partition coefficient (Wildman–Crippen LogP) is 2.60. The van der Waals surface area contributed by atoms with Crippen LogP contribution in [-0.4, -0.2) is 22.4 Å². The van der Waals surface area contributed by atoms with E-state index < -0.39 is 12.2 Å². The molecule has 0 saturated carbocycles. The molecule has 0 radical (unpaired) electrons. The Bertz CT molecular complexity index is 327. The van der Waals surface area contributed by atoms with E-state index in [-0.39, 0.29) is 5.41 Å². The molecule has 2 nitrogen and oxygen atoms in total. The van der Waals surface area contributed by atoms with Gasteiger partial charge in [0.15, 0.2) is 0 Å². The molecule has 16 heavy (non-hydrogen) atoms. The SMILES string of the molecule is CC(C)(C)C(O)C(O)Cc1ccc(I)cc1. The number of halogens is 1. The molecule has 0 bridgehead atoms. The Hall–Kier alpha value is -0.130. The lowest BCUT2D eigenvalue weighted by atomic mass is 9.84. The van der Waals surface area contributed by atoms with Crippen molar-refractivity contribution in [2.75, 3.05) is 0 Å². The molecule has 0 aliphatic carbocycles. The van der Waals surface area contributed by atoms with Crippen LogP contribution in [0.1, 0.15) is 26.3 Å². The maximum atomic E-state index is 9.92. The second-order valence-corrected chi connectivity index (χ2v) is 6.45. The van der Waals surface area contributed by atoms with Gasteiger partial charge in [0.2, 0.25) is 0 Å². The van der Waals surface area contributed by atoms with Gasteiger partial charge >= 0.3 is 0 Å². The Morgan fingerprint density at radius 3 is 2.06 bits per heavy atom. The Labute approximate surface area is 111 Å². The third-order valence-corrected chi connectivity index (χ3v) is 3.33. The first-order chi connectivity index (χ1) is 7.30. The third-order valence-electron chi connectivity index (χ3n) is 2.61. The Kier molecular flexibility index (Phi) is 4.76. The summed E-state index contributed by atoms with van der Waals surface area (Å²) in [6.45, 7) is 5.78. The van der Waals surface area contributed by atoms with E-state index in [0.717, 1.165) is 5.56 Å². The zero-order valence-electron chi connectivity index (χ0n) is 9.94. The molecular weight excluding hydrogens is 315 g/mol. The maximum absolute atomic E-state index is 9.92. The highest BCUT2D eigenvalue weighted by atomic mass is 127. The van der Waals surface area contributed by atoms with Crippen LogP contribution in [0.3, 0.4) is 0 Å². The number of rotatable bonds is 3. The van der Waals surface area contributed by atoms with Gasteiger partial charge in [0.1, 0.15) is 0 Å². The van der Waals surface area contributed by atoms with Gasteiger partial charge in [-0.25, -0.2) is 0 Å². The lowest BCUT2D eigenvalue weighted by molar-refractivity contribution is -0.0434. The van der Waals surface area contributed by atoms with E-state index in [0.29, 0.717) is 6.42 Å². The van der Waals surface area contributed by atoms with Crippen molar-refractivity contribution in [2.24, 2.45) is 5.41 Å². The molecule has 0 aliphatic rings. The van der Waals surface area contributed by atoms with Gasteiger partial charge in [-0.05, 0) is 45.7 Å². The third kappa shape index (κ3) is 4.03. The van der Waals surface area contributed by atoms with E-state index in [1.165, 1.54) is 3.57 Å². The molecular formula is C13H19IO2. The first-order valence-corrected chi connectivity index (χ1v) is 6.49. The van der Waals surface area contributed by atoms with E-state index in [2.05, 4.69) is 22.6 Å². The standard InChI is InChI=1S/C13H19IO2/c1-13(2,3)12(16)11(15)8-9-4-6-10(14)7-5-9/h4-7,11-12,15-16H,8H2,1-3H3. The molecule has 2 atom stereocenters. The number of hydrogen-bond donors (Lipinski definition) is 2. The largest absolute Gasteiger partial charge is 0.390 e. The molecule has 0 fully saturated rings. The number of aliphatic hydroxyl groups is 2. The summed E-state index contributed by atoms with van der Waals surface area (Å²) in [6.07, 6.45) is -0.915. The van der Waals surface area contributed by atoms with Crippen LogP contribution < -0.4 is 0 Å². The minimum Gasteiger partial charge on any atom is -0.390 e. The van der Waals surface area contributed by atoms with E-state index in [1.807, 2.05) is 45.0 Å². The molecule has 0 amide bonds. The smallest absolute Gasteiger partial charge is 0.0850 e. The minimum absolute atomic E-state index is 0.289. The molecule has 1 aromatic rings. The Balaban J connectivity index is 2.64. The van der Waals surface area contributed by atoms with Gasteiger partial charge in [-0.2, -0.15) is 0 Å². The highest BCUT2D eigenvalue weighted by molar-refractivity contribution is 14.1. The summed E-state index contributed by atoms with van der Waals surface area (Å²) >= 11 is 2.24. The van der Waals surface area contributed by atoms with Crippen molar-refractivity contribution >= 4 is 22.6 Å². The number of benzene rings is 1. The van der Waals surface area contributed by atoms with Crippen LogP contribution in [0.25, 0.3) is 0 Å². The second-order valence-electron chi connectivity index (χ2n) is 5.21. The van der Waals surface area contributed by atoms with Crippen molar-refractivity contribution in [3.05, 3.63) is 33.4 Å². The van der Waals surface area contributed by atoms with Crippen molar-refractivity contribution in [2.45, 2.75) is 39.4 Å². The van der Waals surface area contributed by atoms with Crippen LogP contribution in [-0.2, 0) is 6.42 Å². The average molecular weight is 334 g/mol. The maximum Gasteiger partial charge on any atom is 0.0850 e. The summed E-state index contributed by atoms with van der Waals surface area (Å²) < 4.78 is 1.17. The number of hydrogen-bond acceptors (Lipinski definition) is 2. The van der Waals surface area contributed by atoms with Crippen LogP contribution in [0.15, 0.2) is 24.3 Å². The molecule has 0 aromatic heterocycles. The van der Waals surface area contributed by atoms with E-state index in [9.17, 15) is 10.2 Å². The fourth-order valence-corrected chi connectivity index (χ4v) is 1.91. The van der Waals surface area contributed by atoms with Gasteiger partial charge in [-0.3, -0.25) is 0 Å².